The van der Waals surface area contributed by atoms with Crippen molar-refractivity contribution in [3.8, 4) is 11.5 Å². The van der Waals surface area contributed by atoms with Crippen LogP contribution in [-0.4, -0.2) is 71.6 Å². The molecule has 1 aromatic heterocycles. The first kappa shape index (κ1) is 37.2. The highest BCUT2D eigenvalue weighted by Gasteiger charge is 2.37. The fourth-order valence-electron chi connectivity index (χ4n) is 8.41. The fraction of sp³-hybridized carbons (Fsp3) is 0.610. The maximum Gasteiger partial charge on any atom is 0.407 e. The number of aromatic nitrogens is 1. The van der Waals surface area contributed by atoms with Gasteiger partial charge in [0, 0.05) is 24.5 Å². The molecule has 4 fully saturated rings. The van der Waals surface area contributed by atoms with E-state index >= 15 is 0 Å². The predicted octanol–water partition coefficient (Wildman–Crippen LogP) is 7.11. The van der Waals surface area contributed by atoms with Gasteiger partial charge in [-0.2, -0.15) is 0 Å². The van der Waals surface area contributed by atoms with Crippen molar-refractivity contribution in [2.45, 2.75) is 108 Å². The number of carbonyl (C=O) groups is 1. The highest BCUT2D eigenvalue weighted by molar-refractivity contribution is 5.87. The number of piperidine rings is 3. The van der Waals surface area contributed by atoms with E-state index in [4.69, 9.17) is 9.47 Å². The van der Waals surface area contributed by atoms with Crippen molar-refractivity contribution < 1.29 is 24.5 Å². The number of phenolic OH excluding ortho intramolecular Hbond substituents is 1. The number of H-pyrrole nitrogens is 1. The summed E-state index contributed by atoms with van der Waals surface area (Å²) in [5.74, 6) is 1.77. The van der Waals surface area contributed by atoms with Gasteiger partial charge in [0.2, 0.25) is 5.56 Å². The van der Waals surface area contributed by atoms with E-state index in [1.54, 1.807) is 12.1 Å². The summed E-state index contributed by atoms with van der Waals surface area (Å²) in [5.41, 5.74) is 1.86. The van der Waals surface area contributed by atoms with Crippen LogP contribution in [0.2, 0.25) is 0 Å². The summed E-state index contributed by atoms with van der Waals surface area (Å²) in [6.45, 7) is 5.05. The van der Waals surface area contributed by atoms with Crippen LogP contribution in [0.25, 0.3) is 10.9 Å². The Bertz CT molecular complexity index is 1600. The lowest BCUT2D eigenvalue weighted by Gasteiger charge is -2.44. The number of pyridine rings is 1. The molecule has 3 aromatic rings. The molecule has 7 rings (SSSR count). The summed E-state index contributed by atoms with van der Waals surface area (Å²) in [5, 5.41) is 28.1. The van der Waals surface area contributed by atoms with E-state index in [-0.39, 0.29) is 29.5 Å². The minimum Gasteiger partial charge on any atom is -0.506 e. The minimum atomic E-state index is -0.734. The van der Waals surface area contributed by atoms with E-state index < -0.39 is 6.10 Å². The number of nitrogens with zero attached hydrogens (tertiary/aromatic N) is 1. The average molecular weight is 703 g/mol. The zero-order chi connectivity index (χ0) is 35.4. The van der Waals surface area contributed by atoms with Crippen LogP contribution in [0.1, 0.15) is 113 Å². The molecule has 1 saturated carbocycles. The number of amides is 1. The third-order valence-corrected chi connectivity index (χ3v) is 11.3. The molecule has 5 N–H and O–H groups in total. The van der Waals surface area contributed by atoms with E-state index in [1.807, 2.05) is 6.07 Å². The molecule has 1 aliphatic carbocycles. The molecular formula is C41H58N4O6. The minimum absolute atomic E-state index is 0.00378. The number of hydrogen-bond donors (Lipinski definition) is 5. The molecule has 278 valence electrons. The standard InChI is InChI=1S/C41H58N4O6/c46-35-18-16-33(34-17-19-38(48)43-40(34)35)36(47)27-42-22-9-4-2-1-3-5-10-25-50-32-15-11-14-31(26-32)39(30-12-7-6-8-13-30)44-41(49)51-37-28-45-23-20-29(37)21-24-45/h11,14-19,26,29-30,36-37,39,42,46-47H,1-10,12-13,20-25,27-28H2,(H,43,48)(H,44,49). The van der Waals surface area contributed by atoms with Gasteiger partial charge < -0.3 is 35.3 Å². The second kappa shape index (κ2) is 18.8. The van der Waals surface area contributed by atoms with Crippen LogP contribution in [0, 0.1) is 11.8 Å². The van der Waals surface area contributed by atoms with Gasteiger partial charge in [-0.05, 0) is 105 Å². The number of ether oxygens (including phenoxy) is 2. The first-order valence-corrected chi connectivity index (χ1v) is 19.6. The number of carbonyl (C=O) groups excluding carboxylic acids is 1. The first-order valence-electron chi connectivity index (χ1n) is 19.6. The van der Waals surface area contributed by atoms with Crippen molar-refractivity contribution in [2.24, 2.45) is 11.8 Å². The van der Waals surface area contributed by atoms with Gasteiger partial charge in [-0.25, -0.2) is 4.79 Å². The molecular weight excluding hydrogens is 644 g/mol. The molecule has 3 saturated heterocycles. The van der Waals surface area contributed by atoms with Crippen molar-refractivity contribution >= 4 is 17.0 Å². The van der Waals surface area contributed by atoms with Gasteiger partial charge in [0.25, 0.3) is 0 Å². The van der Waals surface area contributed by atoms with Gasteiger partial charge >= 0.3 is 6.09 Å². The Morgan fingerprint density at radius 1 is 0.922 bits per heavy atom. The van der Waals surface area contributed by atoms with Gasteiger partial charge in [-0.15, -0.1) is 0 Å². The number of unbranched alkanes of at least 4 members (excludes halogenated alkanes) is 6. The lowest BCUT2D eigenvalue weighted by Crippen LogP contribution is -2.53. The summed E-state index contributed by atoms with van der Waals surface area (Å²) < 4.78 is 12.2. The third-order valence-electron chi connectivity index (χ3n) is 11.3. The number of hydrogen-bond acceptors (Lipinski definition) is 8. The maximum atomic E-state index is 13.2. The van der Waals surface area contributed by atoms with Gasteiger partial charge in [-0.1, -0.05) is 69.6 Å². The molecule has 51 heavy (non-hydrogen) atoms. The summed E-state index contributed by atoms with van der Waals surface area (Å²) in [6.07, 6.45) is 15.1. The molecule has 1 amide bonds. The zero-order valence-electron chi connectivity index (χ0n) is 30.1. The molecule has 3 aliphatic heterocycles. The molecule has 10 heteroatoms. The molecule has 2 bridgehead atoms. The quantitative estimate of drug-likeness (QED) is 0.0886. The third kappa shape index (κ3) is 10.5. The number of fused-ring (bicyclic) bond motifs is 4. The van der Waals surface area contributed by atoms with Crippen LogP contribution in [0.3, 0.4) is 0 Å². The highest BCUT2D eigenvalue weighted by atomic mass is 16.6. The lowest BCUT2D eigenvalue weighted by molar-refractivity contribution is -0.0346. The Labute approximate surface area is 302 Å². The van der Waals surface area contributed by atoms with E-state index in [2.05, 4.69) is 38.7 Å². The van der Waals surface area contributed by atoms with Crippen LogP contribution < -0.4 is 20.9 Å². The van der Waals surface area contributed by atoms with E-state index in [0.29, 0.717) is 41.5 Å². The van der Waals surface area contributed by atoms with Gasteiger partial charge in [0.15, 0.2) is 0 Å². The summed E-state index contributed by atoms with van der Waals surface area (Å²) >= 11 is 0. The van der Waals surface area contributed by atoms with Gasteiger partial charge in [0.05, 0.1) is 24.3 Å². The smallest absolute Gasteiger partial charge is 0.407 e. The molecule has 4 heterocycles. The van der Waals surface area contributed by atoms with Crippen molar-refractivity contribution in [3.05, 3.63) is 70.0 Å². The SMILES string of the molecule is O=C(NC(c1cccc(OCCCCCCCCCNCC(O)c2ccc(O)c3[nH]c(=O)ccc23)c1)C1CCCCC1)OC1CN2CCC1CC2. The molecule has 4 aliphatic rings. The molecule has 3 unspecified atom stereocenters. The Morgan fingerprint density at radius 2 is 1.69 bits per heavy atom. The number of aliphatic hydroxyl groups excluding tert-OH is 1. The topological polar surface area (TPSA) is 136 Å². The molecule has 2 aromatic carbocycles. The number of benzene rings is 2. The summed E-state index contributed by atoms with van der Waals surface area (Å²) in [7, 11) is 0. The molecule has 0 spiro atoms. The Kier molecular flexibility index (Phi) is 13.7. The zero-order valence-corrected chi connectivity index (χ0v) is 30.1. The maximum absolute atomic E-state index is 13.2. The highest BCUT2D eigenvalue weighted by Crippen LogP contribution is 2.36. The molecule has 10 nitrogen and oxygen atoms in total. The van der Waals surface area contributed by atoms with E-state index in [9.17, 15) is 19.8 Å². The van der Waals surface area contributed by atoms with Crippen molar-refractivity contribution in [1.82, 2.24) is 20.5 Å². The molecule has 3 atom stereocenters. The van der Waals surface area contributed by atoms with Crippen LogP contribution >= 0.6 is 0 Å². The Morgan fingerprint density at radius 3 is 2.45 bits per heavy atom. The van der Waals surface area contributed by atoms with Crippen LogP contribution in [-0.2, 0) is 4.74 Å². The molecule has 0 radical (unpaired) electrons. The normalized spacial score (nSPS) is 21.7. The second-order valence-corrected chi connectivity index (χ2v) is 15.0. The second-order valence-electron chi connectivity index (χ2n) is 15.0. The first-order chi connectivity index (χ1) is 24.9. The number of aromatic amines is 1. The number of phenols is 1. The van der Waals surface area contributed by atoms with Crippen LogP contribution in [0.15, 0.2) is 53.3 Å². The lowest BCUT2D eigenvalue weighted by atomic mass is 9.81. The van der Waals surface area contributed by atoms with Crippen molar-refractivity contribution in [3.63, 3.8) is 0 Å². The number of nitrogens with one attached hydrogen (secondary N) is 3. The van der Waals surface area contributed by atoms with E-state index in [0.717, 1.165) is 88.9 Å². The average Bonchev–Trinajstić information content (AvgIpc) is 3.15. The van der Waals surface area contributed by atoms with Crippen molar-refractivity contribution in [2.75, 3.05) is 39.3 Å². The van der Waals surface area contributed by atoms with Crippen molar-refractivity contribution in [1.29, 1.82) is 0 Å². The van der Waals surface area contributed by atoms with Gasteiger partial charge in [0.1, 0.15) is 17.6 Å². The summed E-state index contributed by atoms with van der Waals surface area (Å²) in [4.78, 5) is 29.9. The van der Waals surface area contributed by atoms with Crippen LogP contribution in [0.4, 0.5) is 4.79 Å². The fourth-order valence-corrected chi connectivity index (χ4v) is 8.41. The predicted molar refractivity (Wildman–Crippen MR) is 200 cm³/mol. The number of alkyl carbamates (subject to hydrolysis) is 1. The summed E-state index contributed by atoms with van der Waals surface area (Å²) in [6, 6.07) is 14.5. The Hall–Kier alpha value is -3.60. The number of rotatable bonds is 18. The monoisotopic (exact) mass is 702 g/mol. The largest absolute Gasteiger partial charge is 0.506 e. The number of aromatic hydroxyl groups is 1. The Balaban J connectivity index is 0.851. The van der Waals surface area contributed by atoms with E-state index in [1.165, 1.54) is 50.7 Å². The van der Waals surface area contributed by atoms with Crippen LogP contribution in [0.5, 0.6) is 11.5 Å². The number of aliphatic hydroxyl groups is 1. The van der Waals surface area contributed by atoms with Gasteiger partial charge in [-0.3, -0.25) is 9.69 Å².